The van der Waals surface area contributed by atoms with Gasteiger partial charge < -0.3 is 19.1 Å². The molecule has 2 heterocycles. The topological polar surface area (TPSA) is 30.9 Å². The first-order chi connectivity index (χ1) is 10.8. The van der Waals surface area contributed by atoms with E-state index in [-0.39, 0.29) is 0 Å². The third-order valence-corrected chi connectivity index (χ3v) is 4.30. The highest BCUT2D eigenvalue weighted by atomic mass is 16.5. The predicted octanol–water partition coefficient (Wildman–Crippen LogP) is 3.38. The Labute approximate surface area is 130 Å². The van der Waals surface area contributed by atoms with E-state index in [9.17, 15) is 0 Å². The van der Waals surface area contributed by atoms with Crippen LogP contribution in [0.5, 0.6) is 17.2 Å². The number of rotatable bonds is 2. The maximum Gasteiger partial charge on any atom is 0.161 e. The lowest BCUT2D eigenvalue weighted by Crippen LogP contribution is -2.32. The minimum Gasteiger partial charge on any atom is -0.497 e. The molecule has 0 N–H and O–H groups in total. The highest BCUT2D eigenvalue weighted by Gasteiger charge is 2.25. The maximum absolute atomic E-state index is 5.93. The molecule has 0 fully saturated rings. The lowest BCUT2D eigenvalue weighted by molar-refractivity contribution is 0.260. The van der Waals surface area contributed by atoms with Crippen molar-refractivity contribution in [3.05, 3.63) is 47.5 Å². The van der Waals surface area contributed by atoms with E-state index >= 15 is 0 Å². The van der Waals surface area contributed by atoms with Crippen LogP contribution < -0.4 is 19.1 Å². The van der Waals surface area contributed by atoms with Gasteiger partial charge in [0.25, 0.3) is 0 Å². The third-order valence-electron chi connectivity index (χ3n) is 4.30. The summed E-state index contributed by atoms with van der Waals surface area (Å²) in [5.74, 6) is 2.84. The number of hydrogen-bond donors (Lipinski definition) is 0. The first kappa shape index (κ1) is 13.3. The molecule has 4 heteroatoms. The van der Waals surface area contributed by atoms with Crippen molar-refractivity contribution in [1.29, 1.82) is 0 Å². The summed E-state index contributed by atoms with van der Waals surface area (Å²) in [6.45, 7) is 2.16. The molecule has 22 heavy (non-hydrogen) atoms. The van der Waals surface area contributed by atoms with E-state index in [1.54, 1.807) is 7.11 Å². The third kappa shape index (κ3) is 2.25. The van der Waals surface area contributed by atoms with Gasteiger partial charge in [-0.2, -0.15) is 0 Å². The van der Waals surface area contributed by atoms with Crippen molar-refractivity contribution in [3.8, 4) is 17.2 Å². The molecule has 2 aliphatic heterocycles. The number of hydrogen-bond acceptors (Lipinski definition) is 4. The predicted molar refractivity (Wildman–Crippen MR) is 84.9 cm³/mol. The van der Waals surface area contributed by atoms with Gasteiger partial charge in [-0.25, -0.2) is 0 Å². The fourth-order valence-electron chi connectivity index (χ4n) is 3.10. The molecule has 114 valence electrons. The van der Waals surface area contributed by atoms with E-state index < -0.39 is 0 Å². The molecular weight excluding hydrogens is 278 g/mol. The Balaban J connectivity index is 1.65. The lowest BCUT2D eigenvalue weighted by atomic mass is 10.0. The largest absolute Gasteiger partial charge is 0.497 e. The van der Waals surface area contributed by atoms with Gasteiger partial charge in [0.1, 0.15) is 17.2 Å². The zero-order chi connectivity index (χ0) is 14.9. The number of fused-ring (bicyclic) bond motifs is 3. The van der Waals surface area contributed by atoms with Crippen LogP contribution in [0.2, 0.25) is 0 Å². The molecule has 2 aromatic carbocycles. The van der Waals surface area contributed by atoms with Crippen molar-refractivity contribution in [2.24, 2.45) is 0 Å². The monoisotopic (exact) mass is 297 g/mol. The van der Waals surface area contributed by atoms with Gasteiger partial charge in [0, 0.05) is 5.69 Å². The second kappa shape index (κ2) is 5.44. The van der Waals surface area contributed by atoms with Crippen LogP contribution in [0.1, 0.15) is 17.5 Å². The van der Waals surface area contributed by atoms with Crippen LogP contribution in [0.15, 0.2) is 36.4 Å². The van der Waals surface area contributed by atoms with Crippen LogP contribution in [-0.4, -0.2) is 20.4 Å². The molecule has 0 atom stereocenters. The average Bonchev–Trinajstić information content (AvgIpc) is 2.61. The van der Waals surface area contributed by atoms with Gasteiger partial charge in [0.15, 0.2) is 6.73 Å². The minimum atomic E-state index is 0.554. The number of aryl methyl sites for hydroxylation is 1. The molecule has 0 saturated carbocycles. The minimum absolute atomic E-state index is 0.554. The van der Waals surface area contributed by atoms with E-state index in [0.717, 1.165) is 48.9 Å². The van der Waals surface area contributed by atoms with Crippen LogP contribution in [0, 0.1) is 0 Å². The Bertz CT molecular complexity index is 681. The normalized spacial score (nSPS) is 16.1. The van der Waals surface area contributed by atoms with E-state index in [1.807, 2.05) is 12.1 Å². The van der Waals surface area contributed by atoms with Gasteiger partial charge >= 0.3 is 0 Å². The van der Waals surface area contributed by atoms with Crippen LogP contribution in [0.25, 0.3) is 0 Å². The van der Waals surface area contributed by atoms with E-state index in [2.05, 4.69) is 29.2 Å². The summed E-state index contributed by atoms with van der Waals surface area (Å²) in [5.41, 5.74) is 3.59. The molecule has 4 nitrogen and oxygen atoms in total. The molecule has 0 unspecified atom stereocenters. The van der Waals surface area contributed by atoms with Gasteiger partial charge in [-0.15, -0.1) is 0 Å². The Morgan fingerprint density at radius 1 is 1.05 bits per heavy atom. The summed E-state index contributed by atoms with van der Waals surface area (Å²) in [7, 11) is 1.68. The highest BCUT2D eigenvalue weighted by molar-refractivity contribution is 5.57. The molecule has 0 aromatic heterocycles. The first-order valence-electron chi connectivity index (χ1n) is 7.64. The molecule has 0 radical (unpaired) electrons. The van der Waals surface area contributed by atoms with E-state index in [4.69, 9.17) is 14.2 Å². The molecule has 0 aliphatic carbocycles. The van der Waals surface area contributed by atoms with Crippen LogP contribution in [0.3, 0.4) is 0 Å². The van der Waals surface area contributed by atoms with E-state index in [1.165, 1.54) is 11.1 Å². The highest BCUT2D eigenvalue weighted by Crippen LogP contribution is 2.39. The van der Waals surface area contributed by atoms with Crippen molar-refractivity contribution in [3.63, 3.8) is 0 Å². The Morgan fingerprint density at radius 3 is 2.73 bits per heavy atom. The van der Waals surface area contributed by atoms with Gasteiger partial charge in [-0.05, 0) is 48.7 Å². The summed E-state index contributed by atoms with van der Waals surface area (Å²) in [6.07, 6.45) is 2.18. The maximum atomic E-state index is 5.93. The molecule has 2 aliphatic rings. The fourth-order valence-corrected chi connectivity index (χ4v) is 3.10. The number of methoxy groups -OCH3 is 1. The van der Waals surface area contributed by atoms with Crippen LogP contribution in [0.4, 0.5) is 5.69 Å². The molecule has 2 aromatic rings. The van der Waals surface area contributed by atoms with Gasteiger partial charge in [-0.1, -0.05) is 6.07 Å². The number of ether oxygens (including phenoxy) is 3. The van der Waals surface area contributed by atoms with Crippen molar-refractivity contribution in [1.82, 2.24) is 0 Å². The second-order valence-electron chi connectivity index (χ2n) is 5.65. The SMILES string of the molecule is COc1ccc(N2COc3ccc4c(c3C2)OCCC4)cc1. The smallest absolute Gasteiger partial charge is 0.161 e. The molecular formula is C18H19NO3. The van der Waals surface area contributed by atoms with Gasteiger partial charge in [0.05, 0.1) is 25.8 Å². The lowest BCUT2D eigenvalue weighted by Gasteiger charge is -2.33. The van der Waals surface area contributed by atoms with Crippen molar-refractivity contribution >= 4 is 5.69 Å². The number of benzene rings is 2. The molecule has 0 amide bonds. The van der Waals surface area contributed by atoms with Crippen LogP contribution >= 0.6 is 0 Å². The number of anilines is 1. The van der Waals surface area contributed by atoms with Crippen molar-refractivity contribution in [2.45, 2.75) is 19.4 Å². The van der Waals surface area contributed by atoms with E-state index in [0.29, 0.717) is 6.73 Å². The molecule has 0 saturated heterocycles. The van der Waals surface area contributed by atoms with Gasteiger partial charge in [0.2, 0.25) is 0 Å². The van der Waals surface area contributed by atoms with Crippen molar-refractivity contribution < 1.29 is 14.2 Å². The quantitative estimate of drug-likeness (QED) is 0.850. The van der Waals surface area contributed by atoms with Crippen LogP contribution in [-0.2, 0) is 13.0 Å². The Kier molecular flexibility index (Phi) is 3.29. The summed E-state index contributed by atoms with van der Waals surface area (Å²) < 4.78 is 17.1. The number of nitrogens with zero attached hydrogens (tertiary/aromatic N) is 1. The average molecular weight is 297 g/mol. The first-order valence-corrected chi connectivity index (χ1v) is 7.64. The van der Waals surface area contributed by atoms with Crippen molar-refractivity contribution in [2.75, 3.05) is 25.3 Å². The Hall–Kier alpha value is -2.36. The molecule has 0 bridgehead atoms. The zero-order valence-electron chi connectivity index (χ0n) is 12.7. The summed E-state index contributed by atoms with van der Waals surface area (Å²) in [6, 6.07) is 12.3. The summed E-state index contributed by atoms with van der Waals surface area (Å²) >= 11 is 0. The standard InChI is InChI=1S/C18H19NO3/c1-20-15-7-5-14(6-8-15)19-11-16-17(22-12-19)9-4-13-3-2-10-21-18(13)16/h4-9H,2-3,10-12H2,1H3. The molecule has 0 spiro atoms. The fraction of sp³-hybridized carbons (Fsp3) is 0.333. The Morgan fingerprint density at radius 2 is 1.91 bits per heavy atom. The summed E-state index contributed by atoms with van der Waals surface area (Å²) in [4.78, 5) is 2.21. The summed E-state index contributed by atoms with van der Waals surface area (Å²) in [5, 5.41) is 0. The second-order valence-corrected chi connectivity index (χ2v) is 5.65. The molecule has 4 rings (SSSR count). The van der Waals surface area contributed by atoms with Gasteiger partial charge in [-0.3, -0.25) is 0 Å². The zero-order valence-corrected chi connectivity index (χ0v) is 12.7.